The summed E-state index contributed by atoms with van der Waals surface area (Å²) in [6.45, 7) is 0. The Morgan fingerprint density at radius 1 is 0.750 bits per heavy atom. The van der Waals surface area contributed by atoms with Crippen LogP contribution < -0.4 is 11.3 Å². The monoisotopic (exact) mass is 56.1 g/mol. The van der Waals surface area contributed by atoms with Gasteiger partial charge in [-0.1, -0.05) is 0 Å². The Morgan fingerprint density at radius 2 is 0.750 bits per heavy atom. The Labute approximate surface area is 28.4 Å². The maximum absolute atomic E-state index is 4.25. The summed E-state index contributed by atoms with van der Waals surface area (Å²) >= 11 is 0. The predicted molar refractivity (Wildman–Crippen MR) is 17.3 cm³/mol. The second-order valence-corrected chi connectivity index (χ2v) is 0. The van der Waals surface area contributed by atoms with Gasteiger partial charge in [-0.3, -0.25) is 0 Å². The van der Waals surface area contributed by atoms with Gasteiger partial charge in [0.15, 0.2) is 0 Å². The highest BCUT2D eigenvalue weighted by molar-refractivity contribution is 5.92. The molecule has 0 rings (SSSR count). The zero-order chi connectivity index (χ0) is 4.00. The first kappa shape index (κ1) is 8.97. The van der Waals surface area contributed by atoms with Gasteiger partial charge in [-0.2, -0.15) is 0 Å². The molecule has 0 aliphatic rings. The normalized spacial score (nSPS) is 3.00. The van der Waals surface area contributed by atoms with Crippen molar-refractivity contribution in [3.8, 4) is 0 Å². The maximum atomic E-state index is 4.25. The molecule has 0 saturated heterocycles. The average molecular weight is 55.7 g/mol. The van der Waals surface area contributed by atoms with Gasteiger partial charge in [-0.05, 0) is 0 Å². The third kappa shape index (κ3) is 908. The number of hydrogen-bond donors (Lipinski definition) is 2. The first-order chi connectivity index (χ1) is 2.00. The fourth-order valence-electron chi connectivity index (χ4n) is 0. The van der Waals surface area contributed by atoms with Crippen LogP contribution in [0.1, 0.15) is 0 Å². The summed E-state index contributed by atoms with van der Waals surface area (Å²) in [6, 6.07) is 0. The molecule has 0 atom stereocenters. The Bertz CT molecular complexity index is 4.00. The van der Waals surface area contributed by atoms with E-state index in [2.05, 4.69) is 27.3 Å². The topological polar surface area (TPSA) is 55.3 Å². The molecule has 0 spiro atoms. The molecule has 0 aliphatic heterocycles. The first-order valence-electron chi connectivity index (χ1n) is 0.816. The molecule has 0 saturated carbocycles. The highest BCUT2D eigenvalue weighted by Crippen LogP contribution is 0.107. The minimum absolute atomic E-state index is 2.75. The van der Waals surface area contributed by atoms with E-state index in [1.54, 1.807) is 0 Å². The van der Waals surface area contributed by atoms with Crippen LogP contribution in [0.15, 0.2) is 0 Å². The van der Waals surface area contributed by atoms with Gasteiger partial charge in [0.25, 0.3) is 0 Å². The van der Waals surface area contributed by atoms with Crippen molar-refractivity contribution >= 4 is 16.0 Å². The van der Waals surface area contributed by atoms with Crippen molar-refractivity contribution in [2.45, 2.75) is 0 Å². The lowest BCUT2D eigenvalue weighted by Gasteiger charge is -1.44. The average Bonchev–Trinajstić information content (AvgIpc) is 1.50. The first-order valence-corrected chi connectivity index (χ1v) is 0.816. The molecule has 0 unspecified atom stereocenters. The lowest BCUT2D eigenvalue weighted by molar-refractivity contribution is -0.170. The predicted octanol–water partition coefficient (Wildman–Crippen LogP) is -3.38. The van der Waals surface area contributed by atoms with Crippen molar-refractivity contribution in [3.05, 3.63) is 0 Å². The Morgan fingerprint density at radius 3 is 0.750 bits per heavy atom. The molecule has 0 aromatic heterocycles. The van der Waals surface area contributed by atoms with E-state index in [0.29, 0.717) is 0 Å². The molecular weight excluding hydrogens is 49.6 g/mol. The van der Waals surface area contributed by atoms with Crippen molar-refractivity contribution in [1.29, 1.82) is 0 Å². The minimum Gasteiger partial charge on any atom is -0.619 e. The molecule has 6 radical (unpaired) electrons. The summed E-state index contributed by atoms with van der Waals surface area (Å²) < 4.78 is 0. The van der Waals surface area contributed by atoms with Gasteiger partial charge in [-0.15, -0.1) is 0 Å². The van der Waals surface area contributed by atoms with Crippen LogP contribution in [0.25, 0.3) is 0 Å². The molecule has 0 amide bonds. The summed E-state index contributed by atoms with van der Waals surface area (Å²) in [5, 5.41) is 0. The van der Waals surface area contributed by atoms with Crippen molar-refractivity contribution in [2.24, 2.45) is 0 Å². The lowest BCUT2D eigenvalue weighted by atomic mass is 10.5. The third-order valence-electron chi connectivity index (χ3n) is 0. The highest BCUT2D eigenvalue weighted by atomic mass is 14.3. The molecule has 6 N–H and O–H groups in total. The van der Waals surface area contributed by atoms with Gasteiger partial charge in [0, 0.05) is 0 Å². The summed E-state index contributed by atoms with van der Waals surface area (Å²) in [5.74, 6) is 0. The van der Waals surface area contributed by atoms with E-state index in [1.165, 1.54) is 0 Å². The molecular formula is H6B2N2. The molecule has 0 heterocycles. The van der Waals surface area contributed by atoms with Crippen LogP contribution in [0, 0.1) is 0 Å². The lowest BCUT2D eigenvalue weighted by Crippen LogP contribution is -2.44. The van der Waals surface area contributed by atoms with Gasteiger partial charge in [0.05, 0.1) is 0 Å². The SMILES string of the molecule is [B-][NH3+].[B-][NH3+]. The smallest absolute Gasteiger partial charge is 0.231 e. The molecule has 4 heavy (non-hydrogen) atoms. The molecule has 4 heteroatoms. The van der Waals surface area contributed by atoms with Gasteiger partial charge >= 0.3 is 0 Å². The molecule has 0 fully saturated rings. The Kier molecular flexibility index (Phi) is 11500. The van der Waals surface area contributed by atoms with Gasteiger partial charge in [0.2, 0.25) is 0 Å². The molecule has 0 aromatic carbocycles. The van der Waals surface area contributed by atoms with Crippen molar-refractivity contribution in [2.75, 3.05) is 0 Å². The second-order valence-electron chi connectivity index (χ2n) is 0. The summed E-state index contributed by atoms with van der Waals surface area (Å²) in [5.41, 5.74) is 5.50. The minimum atomic E-state index is 2.75. The van der Waals surface area contributed by atoms with Crippen LogP contribution in [0.3, 0.4) is 0 Å². The van der Waals surface area contributed by atoms with Crippen LogP contribution in [-0.2, 0) is 0 Å². The largest absolute Gasteiger partial charge is 0.619 e. The van der Waals surface area contributed by atoms with Crippen molar-refractivity contribution in [3.63, 3.8) is 0 Å². The van der Waals surface area contributed by atoms with Crippen LogP contribution >= 0.6 is 0 Å². The molecule has 2 nitrogen and oxygen atoms in total. The van der Waals surface area contributed by atoms with E-state index in [1.807, 2.05) is 0 Å². The van der Waals surface area contributed by atoms with E-state index in [9.17, 15) is 0 Å². The number of rotatable bonds is 0. The van der Waals surface area contributed by atoms with Gasteiger partial charge in [-0.25, -0.2) is 16.0 Å². The van der Waals surface area contributed by atoms with E-state index in [4.69, 9.17) is 0 Å². The summed E-state index contributed by atoms with van der Waals surface area (Å²) in [7, 11) is 8.50. The Hall–Kier alpha value is 0.0499. The van der Waals surface area contributed by atoms with E-state index in [0.717, 1.165) is 0 Å². The zero-order valence-electron chi connectivity index (χ0n) is 2.57. The Balaban J connectivity index is 0. The van der Waals surface area contributed by atoms with Crippen molar-refractivity contribution < 1.29 is 11.3 Å². The molecule has 0 bridgehead atoms. The maximum Gasteiger partial charge on any atom is -0.231 e. The van der Waals surface area contributed by atoms with Crippen LogP contribution in [0.4, 0.5) is 0 Å². The molecule has 0 aliphatic carbocycles. The van der Waals surface area contributed by atoms with Crippen LogP contribution in [-0.4, -0.2) is 16.0 Å². The fourth-order valence-corrected chi connectivity index (χ4v) is 0. The van der Waals surface area contributed by atoms with Crippen LogP contribution in [0.2, 0.25) is 0 Å². The van der Waals surface area contributed by atoms with Crippen molar-refractivity contribution in [1.82, 2.24) is 0 Å². The van der Waals surface area contributed by atoms with Crippen LogP contribution in [0.5, 0.6) is 0 Å². The van der Waals surface area contributed by atoms with E-state index < -0.39 is 0 Å². The highest BCUT2D eigenvalue weighted by Gasteiger charge is 0.596. The van der Waals surface area contributed by atoms with E-state index in [-0.39, 0.29) is 0 Å². The summed E-state index contributed by atoms with van der Waals surface area (Å²) in [4.78, 5) is 0. The number of quaternary nitrogens is 2. The zero-order valence-corrected chi connectivity index (χ0v) is 2.57. The fraction of sp³-hybridized carbons (Fsp3) is 0. The molecule has 0 aromatic rings. The van der Waals surface area contributed by atoms with Gasteiger partial charge < -0.3 is 11.3 Å². The molecule has 22 valence electrons. The standard InChI is InChI=1S/2BH3N/c2*1-2/h2*2H3. The summed E-state index contributed by atoms with van der Waals surface area (Å²) in [6.07, 6.45) is 0. The third-order valence-corrected chi connectivity index (χ3v) is 0. The van der Waals surface area contributed by atoms with E-state index >= 15 is 0 Å². The number of hydrogen-bond acceptors (Lipinski definition) is 0. The quantitative estimate of drug-likeness (QED) is 0.272. The van der Waals surface area contributed by atoms with Gasteiger partial charge in [0.1, 0.15) is 0 Å². The second kappa shape index (κ2) is 5150.